The van der Waals surface area contributed by atoms with Crippen molar-refractivity contribution in [3.8, 4) is 11.5 Å². The Morgan fingerprint density at radius 3 is 2.29 bits per heavy atom. The van der Waals surface area contributed by atoms with Crippen LogP contribution in [0, 0.1) is 0 Å². The highest BCUT2D eigenvalue weighted by Gasteiger charge is 2.26. The lowest BCUT2D eigenvalue weighted by atomic mass is 10.0. The first-order valence-electron chi connectivity index (χ1n) is 7.48. The molecule has 0 fully saturated rings. The summed E-state index contributed by atoms with van der Waals surface area (Å²) in [7, 11) is 4.33. The summed E-state index contributed by atoms with van der Waals surface area (Å²) in [5.41, 5.74) is 0.0625. The van der Waals surface area contributed by atoms with Gasteiger partial charge in [0.05, 0.1) is 21.3 Å². The normalized spacial score (nSPS) is 12.1. The fraction of sp³-hybridized carbons (Fsp3) is 0.529. The van der Waals surface area contributed by atoms with Gasteiger partial charge in [-0.25, -0.2) is 9.59 Å². The van der Waals surface area contributed by atoms with Crippen LogP contribution in [0.3, 0.4) is 0 Å². The van der Waals surface area contributed by atoms with E-state index in [0.717, 1.165) is 5.56 Å². The molecule has 0 radical (unpaired) electrons. The smallest absolute Gasteiger partial charge is 0.408 e. The van der Waals surface area contributed by atoms with Gasteiger partial charge in [-0.15, -0.1) is 0 Å². The van der Waals surface area contributed by atoms with E-state index in [9.17, 15) is 9.59 Å². The summed E-state index contributed by atoms with van der Waals surface area (Å²) >= 11 is 0. The summed E-state index contributed by atoms with van der Waals surface area (Å²) in [6.07, 6.45) is -0.496. The molecule has 1 aromatic rings. The molecule has 1 rings (SSSR count). The molecule has 24 heavy (non-hydrogen) atoms. The van der Waals surface area contributed by atoms with Crippen LogP contribution >= 0.6 is 0 Å². The lowest BCUT2D eigenvalue weighted by Crippen LogP contribution is -2.45. The average Bonchev–Trinajstić information content (AvgIpc) is 2.51. The van der Waals surface area contributed by atoms with Gasteiger partial charge in [0.15, 0.2) is 0 Å². The number of amides is 1. The number of benzene rings is 1. The fourth-order valence-corrected chi connectivity index (χ4v) is 2.03. The molecule has 0 saturated carbocycles. The van der Waals surface area contributed by atoms with E-state index in [0.29, 0.717) is 11.5 Å². The van der Waals surface area contributed by atoms with Crippen LogP contribution in [-0.2, 0) is 20.7 Å². The monoisotopic (exact) mass is 339 g/mol. The second-order valence-corrected chi connectivity index (χ2v) is 6.10. The zero-order valence-corrected chi connectivity index (χ0v) is 15.0. The first-order valence-corrected chi connectivity index (χ1v) is 7.48. The van der Waals surface area contributed by atoms with E-state index in [-0.39, 0.29) is 6.42 Å². The minimum Gasteiger partial charge on any atom is -0.497 e. The average molecular weight is 339 g/mol. The lowest BCUT2D eigenvalue weighted by molar-refractivity contribution is -0.143. The molecule has 1 amide bonds. The molecule has 7 nitrogen and oxygen atoms in total. The Labute approximate surface area is 142 Å². The molecule has 0 aromatic heterocycles. The van der Waals surface area contributed by atoms with Crippen LogP contribution in [0.5, 0.6) is 11.5 Å². The molecule has 0 aliphatic heterocycles. The van der Waals surface area contributed by atoms with E-state index in [1.165, 1.54) is 14.2 Å². The zero-order valence-electron chi connectivity index (χ0n) is 15.0. The van der Waals surface area contributed by atoms with Crippen molar-refractivity contribution in [2.45, 2.75) is 38.8 Å². The van der Waals surface area contributed by atoms with Gasteiger partial charge in [0.25, 0.3) is 0 Å². The van der Waals surface area contributed by atoms with Gasteiger partial charge in [-0.05, 0) is 32.4 Å². The molecule has 0 saturated heterocycles. The lowest BCUT2D eigenvalue weighted by Gasteiger charge is -2.23. The molecule has 7 heteroatoms. The molecule has 1 N–H and O–H groups in total. The zero-order chi connectivity index (χ0) is 18.3. The van der Waals surface area contributed by atoms with Crippen molar-refractivity contribution in [2.75, 3.05) is 21.3 Å². The van der Waals surface area contributed by atoms with E-state index >= 15 is 0 Å². The van der Waals surface area contributed by atoms with Gasteiger partial charge in [0.1, 0.15) is 23.1 Å². The number of carbonyl (C=O) groups is 2. The summed E-state index contributed by atoms with van der Waals surface area (Å²) in [6, 6.07) is 4.33. The maximum atomic E-state index is 12.0. The molecule has 1 atom stereocenters. The van der Waals surface area contributed by atoms with Crippen molar-refractivity contribution in [1.29, 1.82) is 0 Å². The molecule has 134 valence electrons. The Bertz CT molecular complexity index is 579. The van der Waals surface area contributed by atoms with Crippen molar-refractivity contribution >= 4 is 12.1 Å². The van der Waals surface area contributed by atoms with E-state index in [4.69, 9.17) is 18.9 Å². The molecule has 0 bridgehead atoms. The first kappa shape index (κ1) is 19.6. The number of rotatable bonds is 6. The van der Waals surface area contributed by atoms with E-state index < -0.39 is 23.7 Å². The highest BCUT2D eigenvalue weighted by molar-refractivity contribution is 5.81. The van der Waals surface area contributed by atoms with Gasteiger partial charge in [0, 0.05) is 12.5 Å². The topological polar surface area (TPSA) is 83.1 Å². The van der Waals surface area contributed by atoms with E-state index in [1.807, 2.05) is 0 Å². The van der Waals surface area contributed by atoms with E-state index in [1.54, 1.807) is 46.1 Å². The predicted molar refractivity (Wildman–Crippen MR) is 88.4 cm³/mol. The van der Waals surface area contributed by atoms with Gasteiger partial charge < -0.3 is 24.3 Å². The van der Waals surface area contributed by atoms with Gasteiger partial charge in [-0.3, -0.25) is 0 Å². The summed E-state index contributed by atoms with van der Waals surface area (Å²) in [5, 5.41) is 2.53. The summed E-state index contributed by atoms with van der Waals surface area (Å²) in [4.78, 5) is 23.9. The highest BCUT2D eigenvalue weighted by atomic mass is 16.6. The van der Waals surface area contributed by atoms with E-state index in [2.05, 4.69) is 5.32 Å². The number of alkyl carbamates (subject to hydrolysis) is 1. The molecule has 1 aromatic carbocycles. The summed E-state index contributed by atoms with van der Waals surface area (Å²) in [5.74, 6) is 0.610. The molecule has 0 aliphatic rings. The fourth-order valence-electron chi connectivity index (χ4n) is 2.03. The quantitative estimate of drug-likeness (QED) is 0.801. The minimum atomic E-state index is -0.896. The van der Waals surface area contributed by atoms with Crippen LogP contribution < -0.4 is 14.8 Å². The predicted octanol–water partition coefficient (Wildman–Crippen LogP) is 2.31. The number of hydrogen-bond acceptors (Lipinski definition) is 6. The first-order chi connectivity index (χ1) is 11.2. The molecular formula is C17H25NO6. The Morgan fingerprint density at radius 2 is 1.79 bits per heavy atom. The molecular weight excluding hydrogens is 314 g/mol. The minimum absolute atomic E-state index is 0.194. The van der Waals surface area contributed by atoms with Gasteiger partial charge in [0.2, 0.25) is 0 Å². The summed E-state index contributed by atoms with van der Waals surface area (Å²) in [6.45, 7) is 5.23. The van der Waals surface area contributed by atoms with Crippen LogP contribution in [-0.4, -0.2) is 45.0 Å². The maximum absolute atomic E-state index is 12.0. The van der Waals surface area contributed by atoms with Crippen molar-refractivity contribution in [2.24, 2.45) is 0 Å². The van der Waals surface area contributed by atoms with Crippen molar-refractivity contribution in [3.63, 3.8) is 0 Å². The largest absolute Gasteiger partial charge is 0.497 e. The molecule has 0 unspecified atom stereocenters. The molecule has 0 aliphatic carbocycles. The Balaban J connectivity index is 2.94. The number of nitrogens with one attached hydrogen (secondary N) is 1. The number of hydrogen-bond donors (Lipinski definition) is 1. The third-order valence-electron chi connectivity index (χ3n) is 3.09. The Kier molecular flexibility index (Phi) is 6.88. The highest BCUT2D eigenvalue weighted by Crippen LogP contribution is 2.25. The molecule has 0 heterocycles. The number of methoxy groups -OCH3 is 3. The third kappa shape index (κ3) is 5.98. The number of carbonyl (C=O) groups excluding carboxylic acids is 2. The van der Waals surface area contributed by atoms with Crippen LogP contribution in [0.1, 0.15) is 26.3 Å². The maximum Gasteiger partial charge on any atom is 0.408 e. The third-order valence-corrected chi connectivity index (χ3v) is 3.09. The SMILES string of the molecule is COC(=O)[C@H](Cc1ccc(OC)cc1OC)NC(=O)OC(C)(C)C. The van der Waals surface area contributed by atoms with Gasteiger partial charge in [-0.2, -0.15) is 0 Å². The Hall–Kier alpha value is -2.44. The summed E-state index contributed by atoms with van der Waals surface area (Å²) < 4.78 is 20.4. The number of esters is 1. The second-order valence-electron chi connectivity index (χ2n) is 6.10. The molecule has 0 spiro atoms. The Morgan fingerprint density at radius 1 is 1.12 bits per heavy atom. The van der Waals surface area contributed by atoms with Crippen LogP contribution in [0.25, 0.3) is 0 Å². The standard InChI is InChI=1S/C17H25NO6/c1-17(2,3)24-16(20)18-13(15(19)23-6)9-11-7-8-12(21-4)10-14(11)22-5/h7-8,10,13H,9H2,1-6H3,(H,18,20)/t13-/m0/s1. The van der Waals surface area contributed by atoms with Crippen LogP contribution in [0.2, 0.25) is 0 Å². The van der Waals surface area contributed by atoms with Gasteiger partial charge in [-0.1, -0.05) is 6.07 Å². The van der Waals surface area contributed by atoms with Crippen molar-refractivity contribution < 1.29 is 28.5 Å². The van der Waals surface area contributed by atoms with Crippen LogP contribution in [0.15, 0.2) is 18.2 Å². The second kappa shape index (κ2) is 8.42. The van der Waals surface area contributed by atoms with Crippen molar-refractivity contribution in [3.05, 3.63) is 23.8 Å². The van der Waals surface area contributed by atoms with Crippen molar-refractivity contribution in [1.82, 2.24) is 5.32 Å². The van der Waals surface area contributed by atoms with Crippen LogP contribution in [0.4, 0.5) is 4.79 Å². The number of ether oxygens (including phenoxy) is 4. The van der Waals surface area contributed by atoms with Gasteiger partial charge >= 0.3 is 12.1 Å².